The lowest BCUT2D eigenvalue weighted by Gasteiger charge is -2.20. The summed E-state index contributed by atoms with van der Waals surface area (Å²) in [5.74, 6) is 0. The Bertz CT molecular complexity index is 343. The van der Waals surface area contributed by atoms with Crippen molar-refractivity contribution in [2.24, 2.45) is 0 Å². The second-order valence-electron chi connectivity index (χ2n) is 3.38. The summed E-state index contributed by atoms with van der Waals surface area (Å²) in [6, 6.07) is 3.90. The van der Waals surface area contributed by atoms with E-state index in [-0.39, 0.29) is 6.04 Å². The van der Waals surface area contributed by atoms with Crippen molar-refractivity contribution in [1.29, 1.82) is 0 Å². The summed E-state index contributed by atoms with van der Waals surface area (Å²) in [5.41, 5.74) is 0.957. The summed E-state index contributed by atoms with van der Waals surface area (Å²) in [6.07, 6.45) is 4.56. The van der Waals surface area contributed by atoms with Gasteiger partial charge in [0.1, 0.15) is 5.15 Å². The molecule has 1 aromatic rings. The highest BCUT2D eigenvalue weighted by molar-refractivity contribution is 6.30. The number of amides is 1. The van der Waals surface area contributed by atoms with Gasteiger partial charge in [-0.1, -0.05) is 17.7 Å². The first-order chi connectivity index (χ1) is 6.83. The van der Waals surface area contributed by atoms with Gasteiger partial charge in [0, 0.05) is 18.3 Å². The largest absolute Gasteiger partial charge is 0.338 e. The molecule has 4 heteroatoms. The van der Waals surface area contributed by atoms with Gasteiger partial charge in [-0.2, -0.15) is 0 Å². The first-order valence-electron chi connectivity index (χ1n) is 4.64. The van der Waals surface area contributed by atoms with Gasteiger partial charge in [0.05, 0.1) is 6.04 Å². The van der Waals surface area contributed by atoms with E-state index in [1.54, 1.807) is 11.1 Å². The van der Waals surface area contributed by atoms with Crippen molar-refractivity contribution in [3.63, 3.8) is 0 Å². The van der Waals surface area contributed by atoms with Crippen LogP contribution in [-0.2, 0) is 4.79 Å². The molecule has 0 N–H and O–H groups in total. The Morgan fingerprint density at radius 1 is 1.64 bits per heavy atom. The lowest BCUT2D eigenvalue weighted by Crippen LogP contribution is -2.21. The van der Waals surface area contributed by atoms with E-state index in [9.17, 15) is 4.79 Å². The molecule has 0 saturated carbocycles. The Morgan fingerprint density at radius 3 is 3.21 bits per heavy atom. The third kappa shape index (κ3) is 1.60. The third-order valence-corrected chi connectivity index (χ3v) is 2.89. The van der Waals surface area contributed by atoms with E-state index >= 15 is 0 Å². The van der Waals surface area contributed by atoms with Crippen molar-refractivity contribution in [2.75, 3.05) is 6.54 Å². The Hall–Kier alpha value is -1.09. The molecule has 1 atom stereocenters. The molecule has 1 aromatic heterocycles. The second-order valence-corrected chi connectivity index (χ2v) is 3.74. The summed E-state index contributed by atoms with van der Waals surface area (Å²) < 4.78 is 0. The second kappa shape index (κ2) is 3.96. The zero-order valence-electron chi connectivity index (χ0n) is 7.69. The van der Waals surface area contributed by atoms with Crippen LogP contribution in [0.25, 0.3) is 0 Å². The topological polar surface area (TPSA) is 33.2 Å². The third-order valence-electron chi connectivity index (χ3n) is 2.58. The standard InChI is InChI=1S/C10H11ClN2O/c11-10-8(3-1-5-12-10)9-4-2-6-13(9)7-14/h1,3,5,7,9H,2,4,6H2/t9-/m0/s1. The van der Waals surface area contributed by atoms with Gasteiger partial charge in [0.2, 0.25) is 6.41 Å². The molecule has 1 amide bonds. The number of carbonyl (C=O) groups is 1. The lowest BCUT2D eigenvalue weighted by atomic mass is 10.1. The summed E-state index contributed by atoms with van der Waals surface area (Å²) in [5, 5.41) is 0.506. The zero-order valence-corrected chi connectivity index (χ0v) is 8.44. The Morgan fingerprint density at radius 2 is 2.50 bits per heavy atom. The van der Waals surface area contributed by atoms with Crippen LogP contribution in [0.15, 0.2) is 18.3 Å². The van der Waals surface area contributed by atoms with Crippen LogP contribution in [-0.4, -0.2) is 22.8 Å². The average Bonchev–Trinajstić information content (AvgIpc) is 2.66. The number of aromatic nitrogens is 1. The number of pyridine rings is 1. The molecule has 2 rings (SSSR count). The molecular formula is C10H11ClN2O. The molecule has 0 radical (unpaired) electrons. The molecule has 0 aromatic carbocycles. The fraction of sp³-hybridized carbons (Fsp3) is 0.400. The van der Waals surface area contributed by atoms with Crippen molar-refractivity contribution in [2.45, 2.75) is 18.9 Å². The van der Waals surface area contributed by atoms with E-state index in [1.165, 1.54) is 0 Å². The Balaban J connectivity index is 2.30. The first kappa shape index (κ1) is 9.46. The van der Waals surface area contributed by atoms with Gasteiger partial charge in [-0.15, -0.1) is 0 Å². The van der Waals surface area contributed by atoms with Gasteiger partial charge in [0.15, 0.2) is 0 Å². The predicted molar refractivity (Wildman–Crippen MR) is 54.0 cm³/mol. The van der Waals surface area contributed by atoms with Crippen LogP contribution >= 0.6 is 11.6 Å². The molecule has 0 aliphatic carbocycles. The van der Waals surface area contributed by atoms with Crippen molar-refractivity contribution in [1.82, 2.24) is 9.88 Å². The van der Waals surface area contributed by atoms with Gasteiger partial charge in [-0.25, -0.2) is 4.98 Å². The normalized spacial score (nSPS) is 21.2. The minimum Gasteiger partial charge on any atom is -0.338 e. The number of hydrogen-bond acceptors (Lipinski definition) is 2. The highest BCUT2D eigenvalue weighted by Crippen LogP contribution is 2.33. The smallest absolute Gasteiger partial charge is 0.210 e. The number of nitrogens with zero attached hydrogens (tertiary/aromatic N) is 2. The van der Waals surface area contributed by atoms with Crippen molar-refractivity contribution >= 4 is 18.0 Å². The molecule has 0 spiro atoms. The fourth-order valence-electron chi connectivity index (χ4n) is 1.90. The van der Waals surface area contributed by atoms with Crippen LogP contribution in [0.1, 0.15) is 24.4 Å². The highest BCUT2D eigenvalue weighted by Gasteiger charge is 2.26. The minimum atomic E-state index is 0.119. The molecule has 74 valence electrons. The summed E-state index contributed by atoms with van der Waals surface area (Å²) in [7, 11) is 0. The van der Waals surface area contributed by atoms with Crippen molar-refractivity contribution < 1.29 is 4.79 Å². The number of rotatable bonds is 2. The summed E-state index contributed by atoms with van der Waals surface area (Å²) in [6.45, 7) is 0.819. The summed E-state index contributed by atoms with van der Waals surface area (Å²) >= 11 is 5.97. The maximum atomic E-state index is 10.8. The quantitative estimate of drug-likeness (QED) is 0.553. The number of halogens is 1. The first-order valence-corrected chi connectivity index (χ1v) is 5.02. The molecule has 2 heterocycles. The van der Waals surface area contributed by atoms with E-state index in [1.807, 2.05) is 12.1 Å². The molecular weight excluding hydrogens is 200 g/mol. The van der Waals surface area contributed by atoms with E-state index in [0.29, 0.717) is 5.15 Å². The fourth-order valence-corrected chi connectivity index (χ4v) is 2.14. The van der Waals surface area contributed by atoms with E-state index in [4.69, 9.17) is 11.6 Å². The maximum Gasteiger partial charge on any atom is 0.210 e. The molecule has 0 bridgehead atoms. The Kier molecular flexibility index (Phi) is 2.68. The van der Waals surface area contributed by atoms with Gasteiger partial charge < -0.3 is 4.90 Å². The van der Waals surface area contributed by atoms with Crippen LogP contribution in [0.2, 0.25) is 5.15 Å². The molecule has 3 nitrogen and oxygen atoms in total. The minimum absolute atomic E-state index is 0.119. The molecule has 0 unspecified atom stereocenters. The van der Waals surface area contributed by atoms with Crippen molar-refractivity contribution in [3.05, 3.63) is 29.0 Å². The van der Waals surface area contributed by atoms with Crippen LogP contribution in [0, 0.1) is 0 Å². The van der Waals surface area contributed by atoms with Gasteiger partial charge >= 0.3 is 0 Å². The van der Waals surface area contributed by atoms with Gasteiger partial charge in [-0.3, -0.25) is 4.79 Å². The Labute approximate surface area is 87.7 Å². The van der Waals surface area contributed by atoms with E-state index < -0.39 is 0 Å². The molecule has 1 aliphatic rings. The highest BCUT2D eigenvalue weighted by atomic mass is 35.5. The van der Waals surface area contributed by atoms with Crippen LogP contribution < -0.4 is 0 Å². The maximum absolute atomic E-state index is 10.8. The lowest BCUT2D eigenvalue weighted by molar-refractivity contribution is -0.118. The van der Waals surface area contributed by atoms with Gasteiger partial charge in [-0.05, 0) is 18.9 Å². The van der Waals surface area contributed by atoms with E-state index in [2.05, 4.69) is 4.98 Å². The summed E-state index contributed by atoms with van der Waals surface area (Å²) in [4.78, 5) is 16.6. The molecule has 1 fully saturated rings. The zero-order chi connectivity index (χ0) is 9.97. The average molecular weight is 211 g/mol. The van der Waals surface area contributed by atoms with Crippen LogP contribution in [0.5, 0.6) is 0 Å². The monoisotopic (exact) mass is 210 g/mol. The number of hydrogen-bond donors (Lipinski definition) is 0. The SMILES string of the molecule is O=CN1CCC[C@H]1c1cccnc1Cl. The van der Waals surface area contributed by atoms with Crippen molar-refractivity contribution in [3.8, 4) is 0 Å². The molecule has 14 heavy (non-hydrogen) atoms. The molecule has 1 saturated heterocycles. The van der Waals surface area contributed by atoms with E-state index in [0.717, 1.165) is 31.4 Å². The molecule has 1 aliphatic heterocycles. The van der Waals surface area contributed by atoms with Crippen LogP contribution in [0.4, 0.5) is 0 Å². The predicted octanol–water partition coefficient (Wildman–Crippen LogP) is 2.03. The van der Waals surface area contributed by atoms with Gasteiger partial charge in [0.25, 0.3) is 0 Å². The number of carbonyl (C=O) groups excluding carboxylic acids is 1. The van der Waals surface area contributed by atoms with Crippen LogP contribution in [0.3, 0.4) is 0 Å². The number of likely N-dealkylation sites (tertiary alicyclic amines) is 1.